The number of aromatic hydroxyl groups is 1. The number of hydrogen-bond donors (Lipinski definition) is 1. The Morgan fingerprint density at radius 3 is 1.96 bits per heavy atom. The summed E-state index contributed by atoms with van der Waals surface area (Å²) in [5, 5.41) is 17.6. The third-order valence-corrected chi connectivity index (χ3v) is 9.44. The van der Waals surface area contributed by atoms with E-state index in [0.717, 1.165) is 33.1 Å². The van der Waals surface area contributed by atoms with Crippen LogP contribution in [0.1, 0.15) is 35.2 Å². The molecule has 3 amide bonds. The van der Waals surface area contributed by atoms with E-state index >= 15 is 0 Å². The monoisotopic (exact) mass is 781 g/mol. The lowest BCUT2D eigenvalue weighted by Gasteiger charge is -2.32. The molecule has 7 rings (SSSR count). The van der Waals surface area contributed by atoms with Gasteiger partial charge in [-0.1, -0.05) is 17.7 Å². The van der Waals surface area contributed by atoms with E-state index < -0.39 is 0 Å². The Hall–Kier alpha value is -5.80. The van der Waals surface area contributed by atoms with E-state index in [1.54, 1.807) is 47.4 Å². The van der Waals surface area contributed by atoms with Crippen LogP contribution in [-0.2, 0) is 30.3 Å². The second-order valence-corrected chi connectivity index (χ2v) is 13.3. The number of imide groups is 1. The number of carbonyl (C=O) groups excluding carboxylic acids is 3. The highest BCUT2D eigenvalue weighted by Crippen LogP contribution is 2.36. The lowest BCUT2D eigenvalue weighted by Crippen LogP contribution is -2.51. The van der Waals surface area contributed by atoms with E-state index in [1.807, 2.05) is 48.7 Å². The summed E-state index contributed by atoms with van der Waals surface area (Å²) in [5.41, 5.74) is 5.23. The van der Waals surface area contributed by atoms with Crippen molar-refractivity contribution in [1.29, 1.82) is 0 Å². The summed E-state index contributed by atoms with van der Waals surface area (Å²) in [6.07, 6.45) is 6.35. The Morgan fingerprint density at radius 1 is 0.679 bits per heavy atom. The van der Waals surface area contributed by atoms with Crippen LogP contribution in [-0.4, -0.2) is 100 Å². The fraction of sp³-hybridized carbons (Fsp3) is 0.293. The number of rotatable bonds is 18. The predicted molar refractivity (Wildman–Crippen MR) is 204 cm³/mol. The van der Waals surface area contributed by atoms with Gasteiger partial charge < -0.3 is 28.8 Å². The normalized spacial score (nSPS) is 14.1. The molecule has 2 aliphatic heterocycles. The number of phenolic OH excluding ortho intramolecular Hbond substituents is 1. The summed E-state index contributed by atoms with van der Waals surface area (Å²) in [6, 6.07) is 21.6. The SMILES string of the molecule is O=C1c2ccc(OCCOCCOCCOCCOc3ccc(-n4cc(-c5ccc(Cl)c(O)c5)c(-c5ccncc5)n4)cc3)cc2CN1N1C(=O)CCCC1=O. The second-order valence-electron chi connectivity index (χ2n) is 12.9. The van der Waals surface area contributed by atoms with E-state index in [1.165, 1.54) is 5.01 Å². The Morgan fingerprint density at radius 2 is 1.30 bits per heavy atom. The zero-order chi connectivity index (χ0) is 38.9. The van der Waals surface area contributed by atoms with E-state index in [4.69, 9.17) is 40.4 Å². The third kappa shape index (κ3) is 9.17. The van der Waals surface area contributed by atoms with Gasteiger partial charge in [0.1, 0.15) is 36.2 Å². The van der Waals surface area contributed by atoms with Crippen LogP contribution in [0.4, 0.5) is 0 Å². The average Bonchev–Trinajstić information content (AvgIpc) is 3.80. The summed E-state index contributed by atoms with van der Waals surface area (Å²) in [6.45, 7) is 3.19. The first-order valence-corrected chi connectivity index (χ1v) is 18.6. The predicted octanol–water partition coefficient (Wildman–Crippen LogP) is 5.88. The van der Waals surface area contributed by atoms with Crippen LogP contribution in [0.15, 0.2) is 91.4 Å². The molecule has 2 aromatic heterocycles. The lowest BCUT2D eigenvalue weighted by molar-refractivity contribution is -0.163. The van der Waals surface area contributed by atoms with Crippen molar-refractivity contribution in [3.63, 3.8) is 0 Å². The molecule has 15 heteroatoms. The van der Waals surface area contributed by atoms with E-state index in [0.29, 0.717) is 81.9 Å². The van der Waals surface area contributed by atoms with Gasteiger partial charge in [0.15, 0.2) is 0 Å². The summed E-state index contributed by atoms with van der Waals surface area (Å²) in [5.74, 6) is 0.204. The molecule has 1 fully saturated rings. The molecule has 0 atom stereocenters. The van der Waals surface area contributed by atoms with Crippen LogP contribution in [0.5, 0.6) is 17.2 Å². The van der Waals surface area contributed by atoms with Gasteiger partial charge in [0.2, 0.25) is 11.8 Å². The van der Waals surface area contributed by atoms with Crippen LogP contribution < -0.4 is 9.47 Å². The highest BCUT2D eigenvalue weighted by atomic mass is 35.5. The van der Waals surface area contributed by atoms with E-state index in [2.05, 4.69) is 4.98 Å². The van der Waals surface area contributed by atoms with Crippen LogP contribution in [0, 0.1) is 0 Å². The van der Waals surface area contributed by atoms with Gasteiger partial charge in [-0.05, 0) is 84.3 Å². The molecule has 2 aliphatic rings. The molecule has 3 aromatic carbocycles. The first-order valence-electron chi connectivity index (χ1n) is 18.2. The van der Waals surface area contributed by atoms with Gasteiger partial charge in [0, 0.05) is 48.1 Å². The van der Waals surface area contributed by atoms with Crippen molar-refractivity contribution in [3.8, 4) is 45.3 Å². The molecular weight excluding hydrogens is 742 g/mol. The van der Waals surface area contributed by atoms with E-state index in [9.17, 15) is 19.5 Å². The highest BCUT2D eigenvalue weighted by molar-refractivity contribution is 6.32. The Balaban J connectivity index is 0.759. The number of hydrogen-bond acceptors (Lipinski definition) is 11. The van der Waals surface area contributed by atoms with Crippen molar-refractivity contribution in [3.05, 3.63) is 108 Å². The lowest BCUT2D eigenvalue weighted by atomic mass is 10.0. The maximum absolute atomic E-state index is 12.8. The molecular formula is C41H40ClN5O9. The maximum Gasteiger partial charge on any atom is 0.273 e. The number of benzene rings is 3. The minimum absolute atomic E-state index is 0.000984. The molecule has 0 aliphatic carbocycles. The van der Waals surface area contributed by atoms with Gasteiger partial charge in [-0.25, -0.2) is 9.69 Å². The van der Waals surface area contributed by atoms with Crippen molar-refractivity contribution >= 4 is 29.3 Å². The van der Waals surface area contributed by atoms with Crippen molar-refractivity contribution in [1.82, 2.24) is 24.8 Å². The average molecular weight is 782 g/mol. The zero-order valence-corrected chi connectivity index (χ0v) is 31.2. The molecule has 0 spiro atoms. The summed E-state index contributed by atoms with van der Waals surface area (Å²) in [4.78, 5) is 41.5. The van der Waals surface area contributed by atoms with E-state index in [-0.39, 0.29) is 47.9 Å². The zero-order valence-electron chi connectivity index (χ0n) is 30.5. The molecule has 1 N–H and O–H groups in total. The number of fused-ring (bicyclic) bond motifs is 1. The Labute approximate surface area is 328 Å². The van der Waals surface area contributed by atoms with Gasteiger partial charge in [-0.3, -0.25) is 19.4 Å². The minimum Gasteiger partial charge on any atom is -0.506 e. The largest absolute Gasteiger partial charge is 0.506 e. The van der Waals surface area contributed by atoms with Crippen LogP contribution in [0.2, 0.25) is 5.02 Å². The molecule has 4 heterocycles. The van der Waals surface area contributed by atoms with Crippen LogP contribution in [0.25, 0.3) is 28.1 Å². The number of pyridine rings is 1. The summed E-state index contributed by atoms with van der Waals surface area (Å²) >= 11 is 6.06. The van der Waals surface area contributed by atoms with Gasteiger partial charge in [-0.15, -0.1) is 0 Å². The van der Waals surface area contributed by atoms with Crippen LogP contribution in [0.3, 0.4) is 0 Å². The first-order chi connectivity index (χ1) is 27.4. The molecule has 0 saturated carbocycles. The number of phenols is 1. The first kappa shape index (κ1) is 38.5. The third-order valence-electron chi connectivity index (χ3n) is 9.12. The number of carbonyl (C=O) groups is 3. The number of halogens is 1. The minimum atomic E-state index is -0.363. The number of ether oxygens (including phenoxy) is 5. The summed E-state index contributed by atoms with van der Waals surface area (Å²) < 4.78 is 30.2. The summed E-state index contributed by atoms with van der Waals surface area (Å²) in [7, 11) is 0. The quantitative estimate of drug-likeness (QED) is 0.0838. The Kier molecular flexibility index (Phi) is 12.5. The van der Waals surface area contributed by atoms with Gasteiger partial charge >= 0.3 is 0 Å². The van der Waals surface area contributed by atoms with Crippen molar-refractivity contribution in [2.24, 2.45) is 0 Å². The number of piperidine rings is 1. The number of amides is 3. The van der Waals surface area contributed by atoms with Crippen molar-refractivity contribution in [2.45, 2.75) is 25.8 Å². The molecule has 0 radical (unpaired) electrons. The molecule has 0 unspecified atom stereocenters. The maximum atomic E-state index is 12.8. The molecule has 14 nitrogen and oxygen atoms in total. The van der Waals surface area contributed by atoms with Gasteiger partial charge in [-0.2, -0.15) is 10.1 Å². The highest BCUT2D eigenvalue weighted by Gasteiger charge is 2.39. The standard InChI is InChI=1S/C41H40ClN5O9/c42-36-11-4-29(25-37(36)48)35-27-45(44-40(35)28-12-14-43-15-13-28)31-5-7-32(8-6-31)55-22-20-53-18-16-52-17-19-54-21-23-56-33-9-10-34-30(24-33)26-46(41(34)51)47-38(49)2-1-3-39(47)50/h4-15,24-25,27,48H,1-3,16-23,26H2. The second kappa shape index (κ2) is 18.2. The number of aromatic nitrogens is 3. The number of hydrazine groups is 1. The topological polar surface area (TPSA) is 155 Å². The molecule has 1 saturated heterocycles. The van der Waals surface area contributed by atoms with Crippen molar-refractivity contribution in [2.75, 3.05) is 52.9 Å². The molecule has 5 aromatic rings. The van der Waals surface area contributed by atoms with Crippen molar-refractivity contribution < 1.29 is 43.2 Å². The van der Waals surface area contributed by atoms with Gasteiger partial charge in [0.25, 0.3) is 5.91 Å². The van der Waals surface area contributed by atoms with Crippen LogP contribution >= 0.6 is 11.6 Å². The molecule has 290 valence electrons. The number of nitrogens with zero attached hydrogens (tertiary/aromatic N) is 5. The van der Waals surface area contributed by atoms with Gasteiger partial charge in [0.05, 0.1) is 56.9 Å². The fourth-order valence-corrected chi connectivity index (χ4v) is 6.46. The molecule has 56 heavy (non-hydrogen) atoms. The molecule has 0 bridgehead atoms. The smallest absolute Gasteiger partial charge is 0.273 e. The fourth-order valence-electron chi connectivity index (χ4n) is 6.34. The Bertz CT molecular complexity index is 2150.